The van der Waals surface area contributed by atoms with Crippen LogP contribution in [0.15, 0.2) is 91.3 Å². The SMILES string of the molecule is CCc1ccc(N2C(=S)N[C@H](c3ccccn3)[C@H]2c2cccn2-c2ccc([N+](=O)[O-])cc2)cc1. The first-order valence-electron chi connectivity index (χ1n) is 11.1. The number of thiocarbonyl (C=S) groups is 1. The number of pyridine rings is 1. The topological polar surface area (TPSA) is 76.2 Å². The van der Waals surface area contributed by atoms with E-state index in [0.29, 0.717) is 5.11 Å². The normalized spacial score (nSPS) is 17.6. The number of hydrogen-bond acceptors (Lipinski definition) is 4. The van der Waals surface area contributed by atoms with Gasteiger partial charge in [-0.25, -0.2) is 0 Å². The van der Waals surface area contributed by atoms with Crippen molar-refractivity contribution in [3.8, 4) is 5.69 Å². The average molecular weight is 470 g/mol. The van der Waals surface area contributed by atoms with Crippen molar-refractivity contribution in [2.45, 2.75) is 25.4 Å². The maximum Gasteiger partial charge on any atom is 0.269 e. The lowest BCUT2D eigenvalue weighted by Gasteiger charge is -2.29. The Morgan fingerprint density at radius 3 is 2.38 bits per heavy atom. The molecule has 0 saturated carbocycles. The number of nitrogens with one attached hydrogen (secondary N) is 1. The molecule has 5 rings (SSSR count). The number of benzene rings is 2. The van der Waals surface area contributed by atoms with Crippen LogP contribution in [-0.2, 0) is 6.42 Å². The molecule has 0 aliphatic carbocycles. The first-order valence-corrected chi connectivity index (χ1v) is 11.5. The predicted molar refractivity (Wildman–Crippen MR) is 136 cm³/mol. The number of nitrogens with zero attached hydrogens (tertiary/aromatic N) is 4. The summed E-state index contributed by atoms with van der Waals surface area (Å²) in [5.74, 6) is 0. The van der Waals surface area contributed by atoms with E-state index in [2.05, 4.69) is 52.5 Å². The fraction of sp³-hybridized carbons (Fsp3) is 0.154. The fourth-order valence-electron chi connectivity index (χ4n) is 4.43. The number of aromatic nitrogens is 2. The van der Waals surface area contributed by atoms with Crippen LogP contribution in [0.4, 0.5) is 11.4 Å². The molecule has 0 radical (unpaired) electrons. The van der Waals surface area contributed by atoms with Gasteiger partial charge in [0.15, 0.2) is 5.11 Å². The molecule has 2 aromatic carbocycles. The molecule has 3 heterocycles. The molecule has 0 bridgehead atoms. The number of nitro groups is 1. The molecule has 1 aliphatic heterocycles. The Bertz CT molecular complexity index is 1320. The molecule has 170 valence electrons. The van der Waals surface area contributed by atoms with Crippen molar-refractivity contribution in [3.05, 3.63) is 118 Å². The van der Waals surface area contributed by atoms with Crippen molar-refractivity contribution in [3.63, 3.8) is 0 Å². The van der Waals surface area contributed by atoms with Crippen LogP contribution < -0.4 is 10.2 Å². The van der Waals surface area contributed by atoms with Crippen LogP contribution in [-0.4, -0.2) is 19.6 Å². The highest BCUT2D eigenvalue weighted by atomic mass is 32.1. The standard InChI is InChI=1S/C26H23N5O2S/c1-2-18-8-10-20(11-9-18)30-25(24(28-26(30)34)22-6-3-4-16-27-22)23-7-5-17-29(23)19-12-14-21(15-13-19)31(32)33/h3-17,24-25H,2H2,1H3,(H,28,34)/t24-,25-/m1/s1. The second-order valence-electron chi connectivity index (χ2n) is 8.09. The average Bonchev–Trinajstić information content (AvgIpc) is 3.49. The van der Waals surface area contributed by atoms with Gasteiger partial charge in [0.2, 0.25) is 0 Å². The summed E-state index contributed by atoms with van der Waals surface area (Å²) in [4.78, 5) is 17.5. The van der Waals surface area contributed by atoms with Gasteiger partial charge in [-0.15, -0.1) is 0 Å². The number of non-ortho nitro benzene ring substituents is 1. The molecule has 1 aliphatic rings. The maximum atomic E-state index is 11.1. The lowest BCUT2D eigenvalue weighted by molar-refractivity contribution is -0.384. The predicted octanol–water partition coefficient (Wildman–Crippen LogP) is 5.52. The highest BCUT2D eigenvalue weighted by Crippen LogP contribution is 2.42. The van der Waals surface area contributed by atoms with Gasteiger partial charge < -0.3 is 14.8 Å². The van der Waals surface area contributed by atoms with Gasteiger partial charge in [0.25, 0.3) is 5.69 Å². The first kappa shape index (κ1) is 21.8. The minimum absolute atomic E-state index is 0.0603. The zero-order valence-corrected chi connectivity index (χ0v) is 19.4. The Kier molecular flexibility index (Phi) is 5.81. The summed E-state index contributed by atoms with van der Waals surface area (Å²) >= 11 is 5.82. The molecule has 34 heavy (non-hydrogen) atoms. The maximum absolute atomic E-state index is 11.1. The molecule has 7 nitrogen and oxygen atoms in total. The van der Waals surface area contributed by atoms with E-state index in [1.54, 1.807) is 18.3 Å². The summed E-state index contributed by atoms with van der Waals surface area (Å²) in [7, 11) is 0. The zero-order chi connectivity index (χ0) is 23.7. The molecule has 2 atom stereocenters. The largest absolute Gasteiger partial charge is 0.351 e. The highest BCUT2D eigenvalue weighted by molar-refractivity contribution is 7.80. The van der Waals surface area contributed by atoms with Crippen LogP contribution in [0.5, 0.6) is 0 Å². The molecule has 0 unspecified atom stereocenters. The van der Waals surface area contributed by atoms with Crippen molar-refractivity contribution >= 4 is 28.7 Å². The molecular weight excluding hydrogens is 446 g/mol. The summed E-state index contributed by atoms with van der Waals surface area (Å²) in [6, 6.07) is 24.6. The molecule has 1 fully saturated rings. The van der Waals surface area contributed by atoms with Crippen LogP contribution in [0.2, 0.25) is 0 Å². The summed E-state index contributed by atoms with van der Waals surface area (Å²) in [6.07, 6.45) is 4.71. The van der Waals surface area contributed by atoms with E-state index >= 15 is 0 Å². The minimum atomic E-state index is -0.390. The molecule has 1 saturated heterocycles. The van der Waals surface area contributed by atoms with E-state index in [1.165, 1.54) is 17.7 Å². The Hall–Kier alpha value is -4.04. The fourth-order valence-corrected chi connectivity index (χ4v) is 4.78. The van der Waals surface area contributed by atoms with Gasteiger partial charge in [-0.1, -0.05) is 25.1 Å². The Morgan fingerprint density at radius 1 is 1.00 bits per heavy atom. The minimum Gasteiger partial charge on any atom is -0.351 e. The van der Waals surface area contributed by atoms with Gasteiger partial charge in [0.1, 0.15) is 6.04 Å². The Balaban J connectivity index is 1.62. The highest BCUT2D eigenvalue weighted by Gasteiger charge is 2.42. The van der Waals surface area contributed by atoms with Gasteiger partial charge in [0.05, 0.1) is 16.7 Å². The van der Waals surface area contributed by atoms with Crippen LogP contribution in [0.3, 0.4) is 0 Å². The Morgan fingerprint density at radius 2 is 1.74 bits per heavy atom. The lowest BCUT2D eigenvalue weighted by Crippen LogP contribution is -2.30. The van der Waals surface area contributed by atoms with E-state index in [1.807, 2.05) is 35.0 Å². The van der Waals surface area contributed by atoms with Gasteiger partial charge in [-0.05, 0) is 72.7 Å². The van der Waals surface area contributed by atoms with Gasteiger partial charge >= 0.3 is 0 Å². The number of aryl methyl sites for hydroxylation is 1. The van der Waals surface area contributed by atoms with Gasteiger partial charge in [-0.2, -0.15) is 0 Å². The third kappa shape index (κ3) is 3.92. The molecule has 0 amide bonds. The lowest BCUT2D eigenvalue weighted by atomic mass is 10.0. The summed E-state index contributed by atoms with van der Waals surface area (Å²) in [5, 5.41) is 15.2. The molecule has 2 aromatic heterocycles. The zero-order valence-electron chi connectivity index (χ0n) is 18.5. The van der Waals surface area contributed by atoms with E-state index in [-0.39, 0.29) is 17.8 Å². The first-order chi connectivity index (χ1) is 16.6. The number of anilines is 1. The number of hydrogen-bond donors (Lipinski definition) is 1. The molecule has 8 heteroatoms. The number of nitro benzene ring substituents is 1. The van der Waals surface area contributed by atoms with Gasteiger partial charge in [-0.3, -0.25) is 15.1 Å². The molecular formula is C26H23N5O2S. The smallest absolute Gasteiger partial charge is 0.269 e. The molecule has 4 aromatic rings. The molecule has 1 N–H and O–H groups in total. The van der Waals surface area contributed by atoms with E-state index in [9.17, 15) is 10.1 Å². The summed E-state index contributed by atoms with van der Waals surface area (Å²) < 4.78 is 2.05. The van der Waals surface area contributed by atoms with Crippen molar-refractivity contribution in [2.24, 2.45) is 0 Å². The van der Waals surface area contributed by atoms with Crippen molar-refractivity contribution in [2.75, 3.05) is 4.90 Å². The number of rotatable bonds is 6. The quantitative estimate of drug-likeness (QED) is 0.228. The third-order valence-corrected chi connectivity index (χ3v) is 6.46. The third-order valence-electron chi connectivity index (χ3n) is 6.14. The van der Waals surface area contributed by atoms with Crippen LogP contribution in [0.1, 0.15) is 36.0 Å². The molecule has 0 spiro atoms. The summed E-state index contributed by atoms with van der Waals surface area (Å²) in [5.41, 5.74) is 5.04. The monoisotopic (exact) mass is 469 g/mol. The second-order valence-corrected chi connectivity index (χ2v) is 8.48. The van der Waals surface area contributed by atoms with Crippen LogP contribution in [0, 0.1) is 10.1 Å². The van der Waals surface area contributed by atoms with E-state index in [4.69, 9.17) is 12.2 Å². The van der Waals surface area contributed by atoms with Crippen LogP contribution >= 0.6 is 12.2 Å². The Labute approximate surface area is 202 Å². The van der Waals surface area contributed by atoms with E-state index < -0.39 is 4.92 Å². The van der Waals surface area contributed by atoms with Crippen molar-refractivity contribution < 1.29 is 4.92 Å². The van der Waals surface area contributed by atoms with Crippen molar-refractivity contribution in [1.29, 1.82) is 0 Å². The van der Waals surface area contributed by atoms with Crippen molar-refractivity contribution in [1.82, 2.24) is 14.9 Å². The second kappa shape index (κ2) is 9.07. The van der Waals surface area contributed by atoms with Crippen LogP contribution in [0.25, 0.3) is 5.69 Å². The van der Waals surface area contributed by atoms with Gasteiger partial charge in [0, 0.05) is 41.6 Å². The van der Waals surface area contributed by atoms with E-state index in [0.717, 1.165) is 29.2 Å². The summed E-state index contributed by atoms with van der Waals surface area (Å²) in [6.45, 7) is 2.13.